The number of hydrogen-bond donors (Lipinski definition) is 1. The first-order chi connectivity index (χ1) is 10.3. The number of aromatic nitrogens is 2. The van der Waals surface area contributed by atoms with Crippen molar-refractivity contribution in [2.75, 3.05) is 26.8 Å². The normalized spacial score (nSPS) is 16.0. The van der Waals surface area contributed by atoms with Gasteiger partial charge < -0.3 is 10.1 Å². The number of rotatable bonds is 8. The lowest BCUT2D eigenvalue weighted by molar-refractivity contribution is 0.199. The van der Waals surface area contributed by atoms with Crippen molar-refractivity contribution in [2.24, 2.45) is 0 Å². The Balaban J connectivity index is 1.60. The van der Waals surface area contributed by atoms with Gasteiger partial charge in [0.2, 0.25) is 0 Å². The van der Waals surface area contributed by atoms with Crippen LogP contribution in [0.1, 0.15) is 28.4 Å². The summed E-state index contributed by atoms with van der Waals surface area (Å²) in [4.78, 5) is 0. The Bertz CT molecular complexity index is 566. The van der Waals surface area contributed by atoms with Gasteiger partial charge in [0.1, 0.15) is 10.0 Å². The van der Waals surface area contributed by atoms with E-state index in [1.807, 2.05) is 0 Å². The highest BCUT2D eigenvalue weighted by Gasteiger charge is 2.48. The molecule has 1 aliphatic carbocycles. The first kappa shape index (κ1) is 14.6. The van der Waals surface area contributed by atoms with Crippen LogP contribution in [-0.2, 0) is 16.6 Å². The van der Waals surface area contributed by atoms with Crippen LogP contribution in [0, 0.1) is 0 Å². The van der Waals surface area contributed by atoms with E-state index in [1.165, 1.54) is 23.4 Å². The molecule has 112 valence electrons. The van der Waals surface area contributed by atoms with E-state index in [-0.39, 0.29) is 5.41 Å². The van der Waals surface area contributed by atoms with E-state index >= 15 is 0 Å². The van der Waals surface area contributed by atoms with E-state index in [1.54, 1.807) is 18.4 Å². The lowest BCUT2D eigenvalue weighted by Crippen LogP contribution is -2.21. The van der Waals surface area contributed by atoms with Crippen LogP contribution < -0.4 is 5.32 Å². The number of benzene rings is 1. The Morgan fingerprint density at radius 1 is 1.19 bits per heavy atom. The van der Waals surface area contributed by atoms with Gasteiger partial charge in [-0.2, -0.15) is 0 Å². The molecule has 0 unspecified atom stereocenters. The lowest BCUT2D eigenvalue weighted by Gasteiger charge is -2.11. The third kappa shape index (κ3) is 3.31. The number of hydrogen-bond acceptors (Lipinski definition) is 5. The molecule has 1 aromatic heterocycles. The fourth-order valence-corrected chi connectivity index (χ4v) is 3.66. The van der Waals surface area contributed by atoms with Crippen molar-refractivity contribution in [1.29, 1.82) is 0 Å². The standard InChI is InChI=1S/C16H21N3OS/c1-20-12-11-17-10-7-14-18-19-15(21-14)16(8-9-16)13-5-3-2-4-6-13/h2-6,17H,7-12H2,1H3. The van der Waals surface area contributed by atoms with Gasteiger partial charge in [0.15, 0.2) is 0 Å². The molecule has 1 aromatic carbocycles. The molecule has 0 amide bonds. The van der Waals surface area contributed by atoms with Crippen molar-refractivity contribution in [2.45, 2.75) is 24.7 Å². The van der Waals surface area contributed by atoms with Gasteiger partial charge in [0.05, 0.1) is 6.61 Å². The molecular weight excluding hydrogens is 282 g/mol. The largest absolute Gasteiger partial charge is 0.383 e. The van der Waals surface area contributed by atoms with Gasteiger partial charge in [0, 0.05) is 32.0 Å². The summed E-state index contributed by atoms with van der Waals surface area (Å²) in [7, 11) is 1.72. The second-order valence-electron chi connectivity index (χ2n) is 5.44. The summed E-state index contributed by atoms with van der Waals surface area (Å²) in [6.07, 6.45) is 3.32. The molecule has 5 heteroatoms. The van der Waals surface area contributed by atoms with Crippen LogP contribution in [0.15, 0.2) is 30.3 Å². The molecular formula is C16H21N3OS. The highest BCUT2D eigenvalue weighted by atomic mass is 32.1. The molecule has 1 aliphatic rings. The van der Waals surface area contributed by atoms with Crippen LogP contribution >= 0.6 is 11.3 Å². The number of nitrogens with zero attached hydrogens (tertiary/aromatic N) is 2. The second-order valence-corrected chi connectivity index (χ2v) is 6.50. The van der Waals surface area contributed by atoms with Gasteiger partial charge in [-0.25, -0.2) is 0 Å². The Hall–Kier alpha value is -1.30. The van der Waals surface area contributed by atoms with E-state index in [2.05, 4.69) is 45.8 Å². The zero-order valence-corrected chi connectivity index (χ0v) is 13.2. The van der Waals surface area contributed by atoms with E-state index in [9.17, 15) is 0 Å². The molecule has 0 spiro atoms. The van der Waals surface area contributed by atoms with Crippen molar-refractivity contribution in [3.63, 3.8) is 0 Å². The van der Waals surface area contributed by atoms with Crippen LogP contribution in [0.3, 0.4) is 0 Å². The summed E-state index contributed by atoms with van der Waals surface area (Å²) in [5, 5.41) is 14.5. The Kier molecular flexibility index (Phi) is 4.63. The summed E-state index contributed by atoms with van der Waals surface area (Å²) >= 11 is 1.77. The third-order valence-corrected chi connectivity index (χ3v) is 5.14. The molecule has 0 aliphatic heterocycles. The highest BCUT2D eigenvalue weighted by molar-refractivity contribution is 7.11. The molecule has 4 nitrogen and oxygen atoms in total. The summed E-state index contributed by atoms with van der Waals surface area (Å²) in [6, 6.07) is 10.7. The maximum absolute atomic E-state index is 5.01. The van der Waals surface area contributed by atoms with Gasteiger partial charge in [-0.3, -0.25) is 0 Å². The van der Waals surface area contributed by atoms with Crippen molar-refractivity contribution in [3.8, 4) is 0 Å². The Labute approximate surface area is 129 Å². The van der Waals surface area contributed by atoms with Gasteiger partial charge in [-0.05, 0) is 18.4 Å². The first-order valence-electron chi connectivity index (χ1n) is 7.43. The second kappa shape index (κ2) is 6.64. The minimum absolute atomic E-state index is 0.153. The molecule has 1 fully saturated rings. The minimum atomic E-state index is 0.153. The smallest absolute Gasteiger partial charge is 0.128 e. The monoisotopic (exact) mass is 303 g/mol. The van der Waals surface area contributed by atoms with Gasteiger partial charge >= 0.3 is 0 Å². The predicted octanol–water partition coefficient (Wildman–Crippen LogP) is 2.40. The maximum Gasteiger partial charge on any atom is 0.128 e. The van der Waals surface area contributed by atoms with Gasteiger partial charge in [-0.15, -0.1) is 21.5 Å². The topological polar surface area (TPSA) is 47.0 Å². The first-order valence-corrected chi connectivity index (χ1v) is 8.25. The molecule has 21 heavy (non-hydrogen) atoms. The average molecular weight is 303 g/mol. The zero-order chi connectivity index (χ0) is 14.5. The van der Waals surface area contributed by atoms with E-state index in [0.717, 1.165) is 31.1 Å². The molecule has 1 heterocycles. The molecule has 0 radical (unpaired) electrons. The van der Waals surface area contributed by atoms with E-state index in [0.29, 0.717) is 0 Å². The molecule has 1 N–H and O–H groups in total. The summed E-state index contributed by atoms with van der Waals surface area (Å²) in [5.74, 6) is 0. The predicted molar refractivity (Wildman–Crippen MR) is 84.8 cm³/mol. The van der Waals surface area contributed by atoms with E-state index in [4.69, 9.17) is 4.74 Å². The number of methoxy groups -OCH3 is 1. The summed E-state index contributed by atoms with van der Waals surface area (Å²) in [6.45, 7) is 2.56. The third-order valence-electron chi connectivity index (χ3n) is 3.95. The van der Waals surface area contributed by atoms with Gasteiger partial charge in [-0.1, -0.05) is 30.3 Å². The molecule has 1 saturated carbocycles. The molecule has 3 rings (SSSR count). The van der Waals surface area contributed by atoms with Crippen molar-refractivity contribution < 1.29 is 4.74 Å². The SMILES string of the molecule is COCCNCCc1nnc(C2(c3ccccc3)CC2)s1. The molecule has 2 aromatic rings. The van der Waals surface area contributed by atoms with Crippen molar-refractivity contribution in [1.82, 2.24) is 15.5 Å². The van der Waals surface area contributed by atoms with Crippen LogP contribution in [-0.4, -0.2) is 37.0 Å². The quantitative estimate of drug-likeness (QED) is 0.761. The Morgan fingerprint density at radius 2 is 2.00 bits per heavy atom. The van der Waals surface area contributed by atoms with Crippen molar-refractivity contribution in [3.05, 3.63) is 45.9 Å². The maximum atomic E-state index is 5.01. The minimum Gasteiger partial charge on any atom is -0.383 e. The highest BCUT2D eigenvalue weighted by Crippen LogP contribution is 2.54. The zero-order valence-electron chi connectivity index (χ0n) is 12.3. The summed E-state index contributed by atoms with van der Waals surface area (Å²) < 4.78 is 5.01. The lowest BCUT2D eigenvalue weighted by atomic mass is 9.97. The van der Waals surface area contributed by atoms with Crippen LogP contribution in [0.2, 0.25) is 0 Å². The fraction of sp³-hybridized carbons (Fsp3) is 0.500. The van der Waals surface area contributed by atoms with Crippen LogP contribution in [0.4, 0.5) is 0 Å². The van der Waals surface area contributed by atoms with Crippen LogP contribution in [0.5, 0.6) is 0 Å². The van der Waals surface area contributed by atoms with Crippen molar-refractivity contribution >= 4 is 11.3 Å². The summed E-state index contributed by atoms with van der Waals surface area (Å²) in [5.41, 5.74) is 1.53. The molecule has 0 atom stereocenters. The Morgan fingerprint density at radius 3 is 2.71 bits per heavy atom. The molecule has 0 saturated heterocycles. The fourth-order valence-electron chi connectivity index (χ4n) is 2.55. The van der Waals surface area contributed by atoms with Crippen LogP contribution in [0.25, 0.3) is 0 Å². The average Bonchev–Trinajstić information content (AvgIpc) is 3.21. The van der Waals surface area contributed by atoms with E-state index < -0.39 is 0 Å². The number of nitrogens with one attached hydrogen (secondary N) is 1. The van der Waals surface area contributed by atoms with Gasteiger partial charge in [0.25, 0.3) is 0 Å². The molecule has 0 bridgehead atoms. The number of ether oxygens (including phenoxy) is 1.